The predicted octanol–water partition coefficient (Wildman–Crippen LogP) is 1.64. The zero-order valence-electron chi connectivity index (χ0n) is 15.5. The SMILES string of the molecule is C[C@]12CC(O)C(=O)C=C1CC[C@H]1[C@@H]3CC[C@H](C(=O)CO)[C@@]3(CO)CC[C@@H]12. The van der Waals surface area contributed by atoms with Gasteiger partial charge in [-0.05, 0) is 74.2 Å². The lowest BCUT2D eigenvalue weighted by atomic mass is 9.46. The highest BCUT2D eigenvalue weighted by atomic mass is 16.3. The summed E-state index contributed by atoms with van der Waals surface area (Å²) in [6.45, 7) is 1.77. The van der Waals surface area contributed by atoms with Gasteiger partial charge in [-0.15, -0.1) is 0 Å². The Morgan fingerprint density at radius 1 is 1.19 bits per heavy atom. The number of fused-ring (bicyclic) bond motifs is 5. The number of aliphatic hydroxyl groups is 3. The molecule has 0 aromatic carbocycles. The van der Waals surface area contributed by atoms with E-state index in [4.69, 9.17) is 0 Å². The van der Waals surface area contributed by atoms with E-state index < -0.39 is 12.7 Å². The van der Waals surface area contributed by atoms with Gasteiger partial charge in [-0.2, -0.15) is 0 Å². The van der Waals surface area contributed by atoms with Crippen LogP contribution in [0.2, 0.25) is 0 Å². The third-order valence-corrected chi connectivity index (χ3v) is 8.55. The molecule has 3 fully saturated rings. The molecule has 0 aliphatic heterocycles. The number of hydrogen-bond donors (Lipinski definition) is 3. The first-order chi connectivity index (χ1) is 12.4. The van der Waals surface area contributed by atoms with Gasteiger partial charge in [0.2, 0.25) is 0 Å². The third-order valence-electron chi connectivity index (χ3n) is 8.55. The maximum Gasteiger partial charge on any atom is 0.184 e. The first-order valence-electron chi connectivity index (χ1n) is 10.0. The van der Waals surface area contributed by atoms with E-state index in [0.29, 0.717) is 24.2 Å². The summed E-state index contributed by atoms with van der Waals surface area (Å²) in [5, 5.41) is 29.9. The second-order valence-corrected chi connectivity index (χ2v) is 9.31. The molecule has 4 aliphatic rings. The molecule has 26 heavy (non-hydrogen) atoms. The summed E-state index contributed by atoms with van der Waals surface area (Å²) in [7, 11) is 0. The number of carbonyl (C=O) groups is 2. The van der Waals surface area contributed by atoms with Crippen LogP contribution in [-0.2, 0) is 9.59 Å². The summed E-state index contributed by atoms with van der Waals surface area (Å²) in [5.74, 6) is 0.576. The molecule has 5 heteroatoms. The fraction of sp³-hybridized carbons (Fsp3) is 0.810. The smallest absolute Gasteiger partial charge is 0.184 e. The van der Waals surface area contributed by atoms with Gasteiger partial charge in [0.15, 0.2) is 11.6 Å². The number of ketones is 2. The van der Waals surface area contributed by atoms with Gasteiger partial charge in [-0.25, -0.2) is 0 Å². The molecule has 3 N–H and O–H groups in total. The highest BCUT2D eigenvalue weighted by molar-refractivity contribution is 5.95. The summed E-state index contributed by atoms with van der Waals surface area (Å²) in [4.78, 5) is 24.3. The quantitative estimate of drug-likeness (QED) is 0.709. The lowest BCUT2D eigenvalue weighted by molar-refractivity contribution is -0.140. The molecule has 0 aromatic heterocycles. The Balaban J connectivity index is 1.68. The first kappa shape index (κ1) is 18.3. The number of rotatable bonds is 3. The second-order valence-electron chi connectivity index (χ2n) is 9.31. The number of allylic oxidation sites excluding steroid dienone is 1. The molecular weight excluding hydrogens is 332 g/mol. The molecule has 0 spiro atoms. The van der Waals surface area contributed by atoms with Crippen molar-refractivity contribution in [2.75, 3.05) is 13.2 Å². The van der Waals surface area contributed by atoms with Gasteiger partial charge in [0.25, 0.3) is 0 Å². The van der Waals surface area contributed by atoms with Crippen molar-refractivity contribution in [1.29, 1.82) is 0 Å². The summed E-state index contributed by atoms with van der Waals surface area (Å²) >= 11 is 0. The normalized spacial score (nSPS) is 47.6. The minimum absolute atomic E-state index is 0.0117. The highest BCUT2D eigenvalue weighted by Crippen LogP contribution is 2.66. The minimum atomic E-state index is -0.903. The molecule has 4 rings (SSSR count). The van der Waals surface area contributed by atoms with Crippen LogP contribution in [-0.4, -0.2) is 46.2 Å². The zero-order valence-corrected chi connectivity index (χ0v) is 15.5. The van der Waals surface area contributed by atoms with Gasteiger partial charge in [-0.1, -0.05) is 12.5 Å². The monoisotopic (exact) mass is 362 g/mol. The van der Waals surface area contributed by atoms with Gasteiger partial charge in [0.05, 0.1) is 0 Å². The van der Waals surface area contributed by atoms with Crippen molar-refractivity contribution in [3.05, 3.63) is 11.6 Å². The number of Topliss-reactive ketones (excluding diaryl/α,β-unsaturated/α-hetero) is 1. The Bertz CT molecular complexity index is 655. The van der Waals surface area contributed by atoms with E-state index in [0.717, 1.165) is 38.5 Å². The molecule has 144 valence electrons. The molecule has 0 heterocycles. The standard InChI is InChI=1S/C21H30O5/c1-20-9-18(25)17(24)8-12(20)2-3-13-14(20)6-7-21(11-23)15(13)4-5-16(21)19(26)10-22/h8,13-16,18,22-23,25H,2-7,9-11H2,1H3/t13-,14+,15+,16-,18?,20+,21-/m1/s1. The highest BCUT2D eigenvalue weighted by Gasteiger charge is 2.62. The molecular formula is C21H30O5. The van der Waals surface area contributed by atoms with Gasteiger partial charge < -0.3 is 15.3 Å². The summed E-state index contributed by atoms with van der Waals surface area (Å²) < 4.78 is 0. The van der Waals surface area contributed by atoms with Crippen molar-refractivity contribution in [1.82, 2.24) is 0 Å². The number of carbonyl (C=O) groups excluding carboxylic acids is 2. The van der Waals surface area contributed by atoms with E-state index in [1.807, 2.05) is 0 Å². The lowest BCUT2D eigenvalue weighted by Crippen LogP contribution is -2.54. The summed E-state index contributed by atoms with van der Waals surface area (Å²) in [6.07, 6.45) is 6.52. The van der Waals surface area contributed by atoms with Crippen LogP contribution in [0.3, 0.4) is 0 Å². The van der Waals surface area contributed by atoms with E-state index in [2.05, 4.69) is 6.92 Å². The Morgan fingerprint density at radius 3 is 2.65 bits per heavy atom. The van der Waals surface area contributed by atoms with E-state index in [1.165, 1.54) is 5.57 Å². The van der Waals surface area contributed by atoms with E-state index in [9.17, 15) is 24.9 Å². The van der Waals surface area contributed by atoms with Crippen LogP contribution in [0.1, 0.15) is 51.9 Å². The second kappa shape index (κ2) is 6.25. The van der Waals surface area contributed by atoms with Crippen LogP contribution in [0.4, 0.5) is 0 Å². The summed E-state index contributed by atoms with van der Waals surface area (Å²) in [6, 6.07) is 0. The Hall–Kier alpha value is -1.04. The summed E-state index contributed by atoms with van der Waals surface area (Å²) in [5.41, 5.74) is 0.644. The molecule has 0 aromatic rings. The average molecular weight is 362 g/mol. The van der Waals surface area contributed by atoms with Crippen molar-refractivity contribution >= 4 is 11.6 Å². The molecule has 3 saturated carbocycles. The maximum absolute atomic E-state index is 12.3. The molecule has 0 amide bonds. The Kier molecular flexibility index (Phi) is 4.41. The van der Waals surface area contributed by atoms with E-state index >= 15 is 0 Å². The van der Waals surface area contributed by atoms with Crippen molar-refractivity contribution in [2.24, 2.45) is 34.5 Å². The maximum atomic E-state index is 12.3. The number of aliphatic hydroxyl groups excluding tert-OH is 3. The molecule has 0 bridgehead atoms. The zero-order chi connectivity index (χ0) is 18.7. The van der Waals surface area contributed by atoms with Crippen LogP contribution in [0.5, 0.6) is 0 Å². The Labute approximate surface area is 154 Å². The van der Waals surface area contributed by atoms with Crippen molar-refractivity contribution in [3.8, 4) is 0 Å². The van der Waals surface area contributed by atoms with Crippen LogP contribution < -0.4 is 0 Å². The van der Waals surface area contributed by atoms with Gasteiger partial charge in [0, 0.05) is 17.9 Å². The lowest BCUT2D eigenvalue weighted by Gasteiger charge is -2.58. The molecule has 1 unspecified atom stereocenters. The predicted molar refractivity (Wildman–Crippen MR) is 95.1 cm³/mol. The minimum Gasteiger partial charge on any atom is -0.396 e. The average Bonchev–Trinajstić information content (AvgIpc) is 3.02. The molecule has 7 atom stereocenters. The van der Waals surface area contributed by atoms with Crippen LogP contribution in [0, 0.1) is 34.5 Å². The van der Waals surface area contributed by atoms with Crippen LogP contribution >= 0.6 is 0 Å². The van der Waals surface area contributed by atoms with Gasteiger partial charge in [0.1, 0.15) is 12.7 Å². The van der Waals surface area contributed by atoms with Crippen LogP contribution in [0.25, 0.3) is 0 Å². The fourth-order valence-electron chi connectivity index (χ4n) is 7.33. The van der Waals surface area contributed by atoms with Crippen molar-refractivity contribution < 1.29 is 24.9 Å². The van der Waals surface area contributed by atoms with Gasteiger partial charge in [-0.3, -0.25) is 9.59 Å². The first-order valence-corrected chi connectivity index (χ1v) is 10.0. The Morgan fingerprint density at radius 2 is 1.96 bits per heavy atom. The van der Waals surface area contributed by atoms with E-state index in [1.54, 1.807) is 6.08 Å². The van der Waals surface area contributed by atoms with Crippen molar-refractivity contribution in [2.45, 2.75) is 58.0 Å². The molecule has 5 nitrogen and oxygen atoms in total. The van der Waals surface area contributed by atoms with Crippen molar-refractivity contribution in [3.63, 3.8) is 0 Å². The van der Waals surface area contributed by atoms with Crippen LogP contribution in [0.15, 0.2) is 11.6 Å². The molecule has 0 radical (unpaired) electrons. The third kappa shape index (κ3) is 2.33. The topological polar surface area (TPSA) is 94.8 Å². The van der Waals surface area contributed by atoms with E-state index in [-0.39, 0.29) is 34.9 Å². The molecule has 4 aliphatic carbocycles. The largest absolute Gasteiger partial charge is 0.396 e. The van der Waals surface area contributed by atoms with Gasteiger partial charge >= 0.3 is 0 Å². The molecule has 0 saturated heterocycles. The fourth-order valence-corrected chi connectivity index (χ4v) is 7.33. The number of hydrogen-bond acceptors (Lipinski definition) is 5.